The number of hydrogen-bond acceptors (Lipinski definition) is 4. The molecule has 0 N–H and O–H groups in total. The fourth-order valence-electron chi connectivity index (χ4n) is 7.56. The summed E-state index contributed by atoms with van der Waals surface area (Å²) in [4.78, 5) is 32.8. The van der Waals surface area contributed by atoms with Gasteiger partial charge in [-0.1, -0.05) is 31.2 Å². The van der Waals surface area contributed by atoms with Crippen LogP contribution in [0.25, 0.3) is 0 Å². The Labute approximate surface area is 210 Å². The van der Waals surface area contributed by atoms with Crippen molar-refractivity contribution in [2.24, 2.45) is 5.92 Å². The summed E-state index contributed by atoms with van der Waals surface area (Å²) in [5, 5.41) is 0. The number of benzene rings is 1. The van der Waals surface area contributed by atoms with Crippen molar-refractivity contribution in [1.82, 2.24) is 14.7 Å². The first kappa shape index (κ1) is 23.3. The fraction of sp³-hybridized carbons (Fsp3) is 0.724. The van der Waals surface area contributed by atoms with E-state index in [1.807, 2.05) is 0 Å². The fourth-order valence-corrected chi connectivity index (χ4v) is 7.56. The van der Waals surface area contributed by atoms with E-state index in [0.717, 1.165) is 84.0 Å². The zero-order valence-corrected chi connectivity index (χ0v) is 21.3. The van der Waals surface area contributed by atoms with Crippen LogP contribution in [0.1, 0.15) is 82.3 Å². The van der Waals surface area contributed by atoms with Gasteiger partial charge in [0.05, 0.1) is 6.61 Å². The van der Waals surface area contributed by atoms with E-state index in [-0.39, 0.29) is 17.4 Å². The minimum absolute atomic E-state index is 0.0863. The average Bonchev–Trinajstić information content (AvgIpc) is 3.67. The summed E-state index contributed by atoms with van der Waals surface area (Å²) in [6.45, 7) is 6.42. The molecule has 6 rings (SSSR count). The van der Waals surface area contributed by atoms with Crippen molar-refractivity contribution in [3.05, 3.63) is 35.4 Å². The maximum absolute atomic E-state index is 13.0. The van der Waals surface area contributed by atoms with Gasteiger partial charge >= 0.3 is 6.09 Å². The second kappa shape index (κ2) is 9.42. The zero-order valence-electron chi connectivity index (χ0n) is 21.3. The summed E-state index contributed by atoms with van der Waals surface area (Å²) < 4.78 is 5.55. The number of likely N-dealkylation sites (tertiary alicyclic amines) is 1. The van der Waals surface area contributed by atoms with Crippen molar-refractivity contribution >= 4 is 12.0 Å². The topological polar surface area (TPSA) is 53.1 Å². The highest BCUT2D eigenvalue weighted by molar-refractivity contribution is 5.81. The molecule has 3 atom stereocenters. The molecule has 2 amide bonds. The van der Waals surface area contributed by atoms with Crippen molar-refractivity contribution in [2.45, 2.75) is 101 Å². The standard InChI is InChI=1S/C29H41N3O3/c1-2-17-35-28(34)32-23-9-11-24(18-25(32)12-10-23)30-15-13-29(14-16-30)20-31(27(33)21-7-8-21)19-22-5-3-4-6-26(22)29/h3-6,21,23-25H,2,7-20H2,1H3. The summed E-state index contributed by atoms with van der Waals surface area (Å²) in [5.74, 6) is 0.668. The van der Waals surface area contributed by atoms with E-state index in [9.17, 15) is 9.59 Å². The average molecular weight is 480 g/mol. The lowest BCUT2D eigenvalue weighted by Gasteiger charge is -2.50. The van der Waals surface area contributed by atoms with Gasteiger partial charge in [-0.15, -0.1) is 0 Å². The van der Waals surface area contributed by atoms with Crippen molar-refractivity contribution in [3.8, 4) is 0 Å². The Morgan fingerprint density at radius 2 is 1.69 bits per heavy atom. The molecule has 4 fully saturated rings. The number of ether oxygens (including phenoxy) is 1. The van der Waals surface area contributed by atoms with Crippen molar-refractivity contribution in [3.63, 3.8) is 0 Å². The third-order valence-corrected chi connectivity index (χ3v) is 9.59. The monoisotopic (exact) mass is 479 g/mol. The number of carbonyl (C=O) groups is 2. The molecule has 3 saturated heterocycles. The highest BCUT2D eigenvalue weighted by Gasteiger charge is 2.47. The van der Waals surface area contributed by atoms with Gasteiger partial charge in [0.1, 0.15) is 0 Å². The molecule has 1 aliphatic carbocycles. The van der Waals surface area contributed by atoms with Gasteiger partial charge in [0.15, 0.2) is 0 Å². The molecule has 3 unspecified atom stereocenters. The lowest BCUT2D eigenvalue weighted by molar-refractivity contribution is -0.135. The second-order valence-electron chi connectivity index (χ2n) is 11.8. The predicted molar refractivity (Wildman–Crippen MR) is 135 cm³/mol. The van der Waals surface area contributed by atoms with E-state index < -0.39 is 0 Å². The highest BCUT2D eigenvalue weighted by Crippen LogP contribution is 2.45. The van der Waals surface area contributed by atoms with Crippen LogP contribution in [0.5, 0.6) is 0 Å². The van der Waals surface area contributed by atoms with E-state index >= 15 is 0 Å². The Morgan fingerprint density at radius 1 is 0.971 bits per heavy atom. The number of nitrogens with zero attached hydrogens (tertiary/aromatic N) is 3. The molecule has 0 aromatic heterocycles. The van der Waals surface area contributed by atoms with Crippen LogP contribution in [-0.4, -0.2) is 71.1 Å². The number of carbonyl (C=O) groups excluding carboxylic acids is 2. The number of fused-ring (bicyclic) bond motifs is 4. The third kappa shape index (κ3) is 4.36. The molecule has 2 bridgehead atoms. The molecule has 1 saturated carbocycles. The number of piperidine rings is 1. The molecule has 4 aliphatic heterocycles. The predicted octanol–water partition coefficient (Wildman–Crippen LogP) is 4.70. The van der Waals surface area contributed by atoms with Gasteiger partial charge in [0, 0.05) is 42.5 Å². The summed E-state index contributed by atoms with van der Waals surface area (Å²) in [6.07, 6.45) is 10.8. The number of rotatable bonds is 4. The van der Waals surface area contributed by atoms with Crippen molar-refractivity contribution < 1.29 is 14.3 Å². The van der Waals surface area contributed by atoms with Crippen LogP contribution >= 0.6 is 0 Å². The van der Waals surface area contributed by atoms with Crippen LogP contribution < -0.4 is 0 Å². The van der Waals surface area contributed by atoms with Gasteiger partial charge in [0.2, 0.25) is 5.91 Å². The van der Waals surface area contributed by atoms with Gasteiger partial charge in [-0.3, -0.25) is 4.79 Å². The third-order valence-electron chi connectivity index (χ3n) is 9.59. The normalized spacial score (nSPS) is 30.1. The minimum Gasteiger partial charge on any atom is -0.449 e. The molecule has 4 heterocycles. The van der Waals surface area contributed by atoms with Crippen LogP contribution in [0.3, 0.4) is 0 Å². The van der Waals surface area contributed by atoms with E-state index in [0.29, 0.717) is 30.6 Å². The molecule has 5 aliphatic rings. The summed E-state index contributed by atoms with van der Waals surface area (Å²) in [6, 6.07) is 10.1. The van der Waals surface area contributed by atoms with E-state index in [4.69, 9.17) is 4.74 Å². The lowest BCUT2D eigenvalue weighted by Crippen LogP contribution is -2.55. The first-order valence-electron chi connectivity index (χ1n) is 14.1. The quantitative estimate of drug-likeness (QED) is 0.628. The van der Waals surface area contributed by atoms with Gasteiger partial charge < -0.3 is 19.4 Å². The van der Waals surface area contributed by atoms with E-state index in [2.05, 4.69) is 45.9 Å². The van der Waals surface area contributed by atoms with Crippen LogP contribution in [0.2, 0.25) is 0 Å². The van der Waals surface area contributed by atoms with Crippen LogP contribution in [-0.2, 0) is 21.5 Å². The summed E-state index contributed by atoms with van der Waals surface area (Å²) >= 11 is 0. The first-order valence-corrected chi connectivity index (χ1v) is 14.1. The maximum Gasteiger partial charge on any atom is 0.410 e. The van der Waals surface area contributed by atoms with Gasteiger partial charge in [-0.05, 0) is 88.4 Å². The molecule has 0 radical (unpaired) electrons. The summed E-state index contributed by atoms with van der Waals surface area (Å²) in [5.41, 5.74) is 2.94. The molecule has 1 spiro atoms. The smallest absolute Gasteiger partial charge is 0.410 e. The molecule has 6 heteroatoms. The van der Waals surface area contributed by atoms with E-state index in [1.165, 1.54) is 17.5 Å². The Balaban J connectivity index is 1.14. The van der Waals surface area contributed by atoms with Gasteiger partial charge in [0.25, 0.3) is 0 Å². The van der Waals surface area contributed by atoms with Crippen LogP contribution in [0.15, 0.2) is 24.3 Å². The molecule has 35 heavy (non-hydrogen) atoms. The lowest BCUT2D eigenvalue weighted by atomic mass is 9.68. The van der Waals surface area contributed by atoms with Crippen molar-refractivity contribution in [1.29, 1.82) is 0 Å². The largest absolute Gasteiger partial charge is 0.449 e. The van der Waals surface area contributed by atoms with Crippen LogP contribution in [0.4, 0.5) is 4.79 Å². The van der Waals surface area contributed by atoms with Gasteiger partial charge in [-0.2, -0.15) is 0 Å². The minimum atomic E-state index is -0.0863. The molecule has 1 aromatic carbocycles. The van der Waals surface area contributed by atoms with E-state index in [1.54, 1.807) is 0 Å². The first-order chi connectivity index (χ1) is 17.1. The van der Waals surface area contributed by atoms with Crippen molar-refractivity contribution in [2.75, 3.05) is 26.2 Å². The maximum atomic E-state index is 13.0. The van der Waals surface area contributed by atoms with Crippen LogP contribution in [0, 0.1) is 5.92 Å². The number of amides is 2. The Bertz CT molecular complexity index is 952. The molecular formula is C29H41N3O3. The second-order valence-corrected chi connectivity index (χ2v) is 11.8. The van der Waals surface area contributed by atoms with Gasteiger partial charge in [-0.25, -0.2) is 4.79 Å². The Kier molecular flexibility index (Phi) is 6.28. The zero-order chi connectivity index (χ0) is 24.0. The summed E-state index contributed by atoms with van der Waals surface area (Å²) in [7, 11) is 0. The Morgan fingerprint density at radius 3 is 2.43 bits per heavy atom. The SMILES string of the molecule is CCCOC(=O)N1C2CCC(N3CCC4(CC3)CN(C(=O)C3CC3)Cc3ccccc34)CC1CC2. The molecule has 190 valence electrons. The Hall–Kier alpha value is -2.08. The molecule has 1 aromatic rings. The molecule has 6 nitrogen and oxygen atoms in total. The number of hydrogen-bond donors (Lipinski definition) is 0. The highest BCUT2D eigenvalue weighted by atomic mass is 16.6. The molecular weight excluding hydrogens is 438 g/mol.